The van der Waals surface area contributed by atoms with Crippen LogP contribution < -0.4 is 0 Å². The zero-order valence-corrected chi connectivity index (χ0v) is 9.37. The molecule has 81 valence electrons. The minimum absolute atomic E-state index is 0.0222. The highest BCUT2D eigenvalue weighted by Crippen LogP contribution is 2.41. The minimum atomic E-state index is 0.0222. The van der Waals surface area contributed by atoms with E-state index in [0.29, 0.717) is 0 Å². The monoisotopic (exact) mass is 203 g/mol. The van der Waals surface area contributed by atoms with Gasteiger partial charge in [0.05, 0.1) is 0 Å². The predicted molar refractivity (Wildman–Crippen MR) is 63.0 cm³/mol. The molecule has 1 aromatic carbocycles. The van der Waals surface area contributed by atoms with Gasteiger partial charge in [-0.15, -0.1) is 0 Å². The van der Waals surface area contributed by atoms with Crippen molar-refractivity contribution in [3.05, 3.63) is 41.8 Å². The van der Waals surface area contributed by atoms with Crippen LogP contribution in [0.4, 0.5) is 0 Å². The van der Waals surface area contributed by atoms with Crippen LogP contribution in [-0.4, -0.2) is 11.7 Å². The molecule has 1 fully saturated rings. The minimum Gasteiger partial charge on any atom is -0.396 e. The molecule has 1 saturated carbocycles. The fourth-order valence-electron chi connectivity index (χ4n) is 1.94. The zero-order chi connectivity index (χ0) is 10.8. The van der Waals surface area contributed by atoms with E-state index in [1.54, 1.807) is 0 Å². The molecular formula is C14H19O. The molecule has 1 radical (unpaired) electrons. The Morgan fingerprint density at radius 1 is 1.40 bits per heavy atom. The van der Waals surface area contributed by atoms with Crippen molar-refractivity contribution in [2.45, 2.75) is 38.0 Å². The van der Waals surface area contributed by atoms with Crippen molar-refractivity contribution in [2.24, 2.45) is 0 Å². The molecule has 0 aliphatic heterocycles. The second kappa shape index (κ2) is 4.36. The number of aliphatic hydroxyl groups excluding tert-OH is 1. The summed E-state index contributed by atoms with van der Waals surface area (Å²) in [6.45, 7) is 6.28. The van der Waals surface area contributed by atoms with Crippen LogP contribution in [0.5, 0.6) is 0 Å². The Kier molecular flexibility index (Phi) is 3.11. The van der Waals surface area contributed by atoms with Crippen molar-refractivity contribution < 1.29 is 5.11 Å². The normalized spacial score (nSPS) is 17.8. The van der Waals surface area contributed by atoms with Crippen molar-refractivity contribution in [3.63, 3.8) is 0 Å². The van der Waals surface area contributed by atoms with Gasteiger partial charge in [0.1, 0.15) is 0 Å². The first-order chi connectivity index (χ1) is 7.24. The highest BCUT2D eigenvalue weighted by molar-refractivity contribution is 5.36. The lowest BCUT2D eigenvalue weighted by Gasteiger charge is -2.12. The smallest absolute Gasteiger partial charge is 0.0499 e. The van der Waals surface area contributed by atoms with Crippen LogP contribution in [-0.2, 0) is 6.42 Å². The zero-order valence-electron chi connectivity index (χ0n) is 9.37. The van der Waals surface area contributed by atoms with E-state index < -0.39 is 0 Å². The molecule has 1 atom stereocenters. The van der Waals surface area contributed by atoms with E-state index in [4.69, 9.17) is 5.11 Å². The van der Waals surface area contributed by atoms with Gasteiger partial charge in [-0.1, -0.05) is 25.1 Å². The molecule has 15 heavy (non-hydrogen) atoms. The quantitative estimate of drug-likeness (QED) is 0.797. The van der Waals surface area contributed by atoms with Gasteiger partial charge in [0.25, 0.3) is 0 Å². The maximum Gasteiger partial charge on any atom is 0.0499 e. The summed E-state index contributed by atoms with van der Waals surface area (Å²) in [5, 5.41) is 9.13. The van der Waals surface area contributed by atoms with Crippen molar-refractivity contribution >= 4 is 0 Å². The van der Waals surface area contributed by atoms with Crippen LogP contribution in [0.2, 0.25) is 0 Å². The molecule has 1 aliphatic carbocycles. The molecule has 0 spiro atoms. The summed E-state index contributed by atoms with van der Waals surface area (Å²) in [4.78, 5) is 0. The third-order valence-corrected chi connectivity index (χ3v) is 3.19. The van der Waals surface area contributed by atoms with Gasteiger partial charge in [-0.2, -0.15) is 0 Å². The molecule has 1 unspecified atom stereocenters. The summed E-state index contributed by atoms with van der Waals surface area (Å²) < 4.78 is 0. The van der Waals surface area contributed by atoms with Crippen LogP contribution in [0.25, 0.3) is 0 Å². The number of hydrogen-bond acceptors (Lipinski definition) is 1. The van der Waals surface area contributed by atoms with Crippen LogP contribution in [0, 0.1) is 6.92 Å². The predicted octanol–water partition coefficient (Wildman–Crippen LogP) is 3.04. The summed E-state index contributed by atoms with van der Waals surface area (Å²) in [5.74, 6) is 0.801. The highest BCUT2D eigenvalue weighted by Gasteiger charge is 2.24. The molecule has 0 amide bonds. The maximum atomic E-state index is 9.13. The van der Waals surface area contributed by atoms with E-state index in [0.717, 1.165) is 12.3 Å². The fraction of sp³-hybridized carbons (Fsp3) is 0.500. The lowest BCUT2D eigenvalue weighted by molar-refractivity contribution is 0.282. The van der Waals surface area contributed by atoms with E-state index in [-0.39, 0.29) is 12.5 Å². The molecule has 1 aromatic rings. The standard InChI is InChI=1S/C14H19O/c1-3-11-6-13(10(2)9-15)8-14(7-11)12-4-5-12/h6-8,10,12,15H,2-5,9H2,1H3. The first-order valence-corrected chi connectivity index (χ1v) is 5.82. The van der Waals surface area contributed by atoms with Crippen LogP contribution in [0.15, 0.2) is 18.2 Å². The molecule has 1 heteroatoms. The highest BCUT2D eigenvalue weighted by atomic mass is 16.3. The average Bonchev–Trinajstić information content (AvgIpc) is 3.11. The number of aryl methyl sites for hydroxylation is 1. The topological polar surface area (TPSA) is 20.2 Å². The number of rotatable bonds is 4. The fourth-order valence-corrected chi connectivity index (χ4v) is 1.94. The van der Waals surface area contributed by atoms with Crippen molar-refractivity contribution in [1.82, 2.24) is 0 Å². The Hall–Kier alpha value is -0.820. The molecule has 0 heterocycles. The third-order valence-electron chi connectivity index (χ3n) is 3.19. The molecule has 2 rings (SSSR count). The molecular weight excluding hydrogens is 184 g/mol. The summed E-state index contributed by atoms with van der Waals surface area (Å²) in [6.07, 6.45) is 3.72. The number of hydrogen-bond donors (Lipinski definition) is 1. The number of benzene rings is 1. The maximum absolute atomic E-state index is 9.13. The second-order valence-electron chi connectivity index (χ2n) is 4.52. The van der Waals surface area contributed by atoms with Crippen LogP contribution in [0.1, 0.15) is 48.3 Å². The van der Waals surface area contributed by atoms with Gasteiger partial charge < -0.3 is 5.11 Å². The van der Waals surface area contributed by atoms with Crippen molar-refractivity contribution in [2.75, 3.05) is 6.61 Å². The first kappa shape index (κ1) is 10.7. The Labute approximate surface area is 92.1 Å². The van der Waals surface area contributed by atoms with E-state index in [1.165, 1.54) is 29.5 Å². The van der Waals surface area contributed by atoms with E-state index in [9.17, 15) is 0 Å². The van der Waals surface area contributed by atoms with Crippen molar-refractivity contribution in [3.8, 4) is 0 Å². The molecule has 0 bridgehead atoms. The molecule has 1 N–H and O–H groups in total. The van der Waals surface area contributed by atoms with Gasteiger partial charge in [-0.25, -0.2) is 0 Å². The lowest BCUT2D eigenvalue weighted by Crippen LogP contribution is -2.01. The SMILES string of the molecule is [CH2]C(CO)c1cc(CC)cc(C2CC2)c1. The van der Waals surface area contributed by atoms with Gasteiger partial charge in [0.15, 0.2) is 0 Å². The van der Waals surface area contributed by atoms with E-state index in [2.05, 4.69) is 32.0 Å². The van der Waals surface area contributed by atoms with E-state index >= 15 is 0 Å². The van der Waals surface area contributed by atoms with Gasteiger partial charge in [0, 0.05) is 12.5 Å². The third kappa shape index (κ3) is 2.40. The van der Waals surface area contributed by atoms with E-state index in [1.807, 2.05) is 0 Å². The summed E-state index contributed by atoms with van der Waals surface area (Å²) in [7, 11) is 0. The Balaban J connectivity index is 2.32. The number of aliphatic hydroxyl groups is 1. The lowest BCUT2D eigenvalue weighted by atomic mass is 9.94. The molecule has 0 aromatic heterocycles. The van der Waals surface area contributed by atoms with Crippen molar-refractivity contribution in [1.29, 1.82) is 0 Å². The van der Waals surface area contributed by atoms with Gasteiger partial charge in [-0.3, -0.25) is 0 Å². The summed E-state index contributed by atoms with van der Waals surface area (Å²) in [5.41, 5.74) is 4.02. The Morgan fingerprint density at radius 3 is 2.67 bits per heavy atom. The van der Waals surface area contributed by atoms with Crippen LogP contribution >= 0.6 is 0 Å². The summed E-state index contributed by atoms with van der Waals surface area (Å²) >= 11 is 0. The largest absolute Gasteiger partial charge is 0.396 e. The Bertz CT molecular complexity index is 339. The first-order valence-electron chi connectivity index (χ1n) is 5.82. The molecule has 1 nitrogen and oxygen atoms in total. The molecule has 0 saturated heterocycles. The van der Waals surface area contributed by atoms with Gasteiger partial charge in [0.2, 0.25) is 0 Å². The van der Waals surface area contributed by atoms with Gasteiger partial charge >= 0.3 is 0 Å². The Morgan fingerprint density at radius 2 is 2.13 bits per heavy atom. The van der Waals surface area contributed by atoms with Crippen LogP contribution in [0.3, 0.4) is 0 Å². The summed E-state index contributed by atoms with van der Waals surface area (Å²) in [6, 6.07) is 6.72. The van der Waals surface area contributed by atoms with Gasteiger partial charge in [-0.05, 0) is 48.8 Å². The molecule has 1 aliphatic rings. The second-order valence-corrected chi connectivity index (χ2v) is 4.52. The average molecular weight is 203 g/mol.